The summed E-state index contributed by atoms with van der Waals surface area (Å²) in [6.07, 6.45) is 1.53. The number of hydrogen-bond donors (Lipinski definition) is 0. The Labute approximate surface area is 124 Å². The number of furan rings is 1. The molecule has 0 spiro atoms. The number of rotatable bonds is 2. The number of carbonyl (C=O) groups excluding carboxylic acids is 2. The third-order valence-electron chi connectivity index (χ3n) is 3.02. The summed E-state index contributed by atoms with van der Waals surface area (Å²) in [5.74, 6) is 0.372. The van der Waals surface area contributed by atoms with Crippen LogP contribution in [0.4, 0.5) is 9.18 Å². The number of amides is 2. The lowest BCUT2D eigenvalue weighted by Crippen LogP contribution is -2.22. The van der Waals surface area contributed by atoms with Crippen LogP contribution in [0.15, 0.2) is 45.7 Å². The van der Waals surface area contributed by atoms with Crippen molar-refractivity contribution in [2.75, 3.05) is 7.05 Å². The molecule has 1 aromatic heterocycles. The van der Waals surface area contributed by atoms with Crippen LogP contribution < -0.4 is 0 Å². The Hall–Kier alpha value is -2.34. The Morgan fingerprint density at radius 1 is 1.14 bits per heavy atom. The minimum atomic E-state index is -0.343. The van der Waals surface area contributed by atoms with Crippen molar-refractivity contribution in [3.8, 4) is 11.3 Å². The summed E-state index contributed by atoms with van der Waals surface area (Å²) in [7, 11) is 1.44. The van der Waals surface area contributed by atoms with Crippen molar-refractivity contribution in [2.24, 2.45) is 0 Å². The molecule has 0 bridgehead atoms. The number of hydrogen-bond acceptors (Lipinski definition) is 4. The second kappa shape index (κ2) is 5.21. The van der Waals surface area contributed by atoms with Gasteiger partial charge in [0.1, 0.15) is 17.3 Å². The van der Waals surface area contributed by atoms with Crippen molar-refractivity contribution in [3.63, 3.8) is 0 Å². The van der Waals surface area contributed by atoms with Crippen molar-refractivity contribution < 1.29 is 18.4 Å². The van der Waals surface area contributed by atoms with Crippen LogP contribution in [-0.2, 0) is 4.79 Å². The Balaban J connectivity index is 1.87. The average Bonchev–Trinajstić information content (AvgIpc) is 3.02. The molecule has 21 heavy (non-hydrogen) atoms. The third-order valence-corrected chi connectivity index (χ3v) is 3.98. The first-order chi connectivity index (χ1) is 10.0. The molecule has 1 aliphatic rings. The van der Waals surface area contributed by atoms with Gasteiger partial charge in [-0.3, -0.25) is 14.5 Å². The molecule has 3 rings (SSSR count). The van der Waals surface area contributed by atoms with Crippen molar-refractivity contribution >= 4 is 29.0 Å². The quantitative estimate of drug-likeness (QED) is 0.793. The molecule has 1 aromatic carbocycles. The van der Waals surface area contributed by atoms with E-state index in [9.17, 15) is 14.0 Å². The summed E-state index contributed by atoms with van der Waals surface area (Å²) in [4.78, 5) is 24.5. The zero-order chi connectivity index (χ0) is 15.0. The Morgan fingerprint density at radius 3 is 2.48 bits per heavy atom. The molecule has 4 nitrogen and oxygen atoms in total. The van der Waals surface area contributed by atoms with E-state index in [1.807, 2.05) is 0 Å². The number of benzene rings is 1. The van der Waals surface area contributed by atoms with Gasteiger partial charge in [-0.2, -0.15) is 0 Å². The molecule has 1 saturated heterocycles. The van der Waals surface area contributed by atoms with E-state index in [-0.39, 0.29) is 17.0 Å². The lowest BCUT2D eigenvalue weighted by Gasteiger charge is -2.00. The Morgan fingerprint density at radius 2 is 1.86 bits per heavy atom. The van der Waals surface area contributed by atoms with Crippen LogP contribution in [0.3, 0.4) is 0 Å². The Kier molecular flexibility index (Phi) is 3.39. The summed E-state index contributed by atoms with van der Waals surface area (Å²) in [6.45, 7) is 0. The summed E-state index contributed by atoms with van der Waals surface area (Å²) in [5, 5.41) is -0.309. The molecule has 0 saturated carbocycles. The van der Waals surface area contributed by atoms with E-state index < -0.39 is 0 Å². The zero-order valence-electron chi connectivity index (χ0n) is 11.0. The normalized spacial score (nSPS) is 17.0. The van der Waals surface area contributed by atoms with Crippen LogP contribution in [0.5, 0.6) is 0 Å². The van der Waals surface area contributed by atoms with Gasteiger partial charge in [0.25, 0.3) is 11.1 Å². The molecule has 2 amide bonds. The van der Waals surface area contributed by atoms with Gasteiger partial charge in [-0.1, -0.05) is 0 Å². The molecule has 0 atom stereocenters. The maximum Gasteiger partial charge on any atom is 0.293 e. The number of nitrogens with zero attached hydrogens (tertiary/aromatic N) is 1. The van der Waals surface area contributed by atoms with Crippen LogP contribution in [-0.4, -0.2) is 23.1 Å². The molecule has 0 unspecified atom stereocenters. The maximum atomic E-state index is 12.9. The zero-order valence-corrected chi connectivity index (χ0v) is 11.8. The van der Waals surface area contributed by atoms with Crippen LogP contribution >= 0.6 is 11.8 Å². The predicted molar refractivity (Wildman–Crippen MR) is 77.8 cm³/mol. The molecule has 2 heterocycles. The number of halogens is 1. The molecule has 1 fully saturated rings. The molecule has 106 valence electrons. The third kappa shape index (κ3) is 2.62. The van der Waals surface area contributed by atoms with E-state index in [1.54, 1.807) is 24.3 Å². The monoisotopic (exact) mass is 303 g/mol. The predicted octanol–water partition coefficient (Wildman–Crippen LogP) is 3.75. The second-order valence-corrected chi connectivity index (χ2v) is 5.44. The van der Waals surface area contributed by atoms with Crippen LogP contribution in [0.2, 0.25) is 0 Å². The van der Waals surface area contributed by atoms with E-state index >= 15 is 0 Å². The molecule has 1 aliphatic heterocycles. The standard InChI is InChI=1S/C15H10FNO3S/c1-17-14(18)13(21-15(17)19)8-11-6-7-12(20-11)9-2-4-10(16)5-3-9/h2-8H,1H3. The topological polar surface area (TPSA) is 50.5 Å². The molecular formula is C15H10FNO3S. The number of carbonyl (C=O) groups is 2. The van der Waals surface area contributed by atoms with Crippen molar-refractivity contribution in [1.29, 1.82) is 0 Å². The highest BCUT2D eigenvalue weighted by Crippen LogP contribution is 2.32. The van der Waals surface area contributed by atoms with Crippen molar-refractivity contribution in [2.45, 2.75) is 0 Å². The van der Waals surface area contributed by atoms with Gasteiger partial charge in [-0.15, -0.1) is 0 Å². The van der Waals surface area contributed by atoms with Gasteiger partial charge in [0.05, 0.1) is 4.91 Å². The second-order valence-electron chi connectivity index (χ2n) is 4.45. The smallest absolute Gasteiger partial charge is 0.293 e. The highest BCUT2D eigenvalue weighted by molar-refractivity contribution is 8.18. The lowest BCUT2D eigenvalue weighted by atomic mass is 10.2. The van der Waals surface area contributed by atoms with Gasteiger partial charge in [0.2, 0.25) is 0 Å². The summed E-state index contributed by atoms with van der Waals surface area (Å²) < 4.78 is 18.5. The fraction of sp³-hybridized carbons (Fsp3) is 0.0667. The van der Waals surface area contributed by atoms with Crippen LogP contribution in [0, 0.1) is 5.82 Å². The van der Waals surface area contributed by atoms with Gasteiger partial charge >= 0.3 is 0 Å². The van der Waals surface area contributed by atoms with Gasteiger partial charge in [0.15, 0.2) is 0 Å². The lowest BCUT2D eigenvalue weighted by molar-refractivity contribution is -0.121. The van der Waals surface area contributed by atoms with E-state index in [1.165, 1.54) is 25.3 Å². The molecule has 0 aliphatic carbocycles. The van der Waals surface area contributed by atoms with Crippen molar-refractivity contribution in [3.05, 3.63) is 52.9 Å². The Bertz CT molecular complexity index is 749. The van der Waals surface area contributed by atoms with E-state index in [0.29, 0.717) is 16.4 Å². The largest absolute Gasteiger partial charge is 0.457 e. The van der Waals surface area contributed by atoms with Gasteiger partial charge in [-0.25, -0.2) is 4.39 Å². The van der Waals surface area contributed by atoms with Crippen LogP contribution in [0.25, 0.3) is 17.4 Å². The number of imide groups is 1. The molecule has 2 aromatic rings. The van der Waals surface area contributed by atoms with E-state index in [2.05, 4.69) is 0 Å². The van der Waals surface area contributed by atoms with E-state index in [0.717, 1.165) is 22.2 Å². The van der Waals surface area contributed by atoms with Crippen LogP contribution in [0.1, 0.15) is 5.76 Å². The highest BCUT2D eigenvalue weighted by atomic mass is 32.2. The minimum absolute atomic E-state index is 0.309. The first kappa shape index (κ1) is 13.6. The molecule has 0 N–H and O–H groups in total. The van der Waals surface area contributed by atoms with E-state index in [4.69, 9.17) is 4.42 Å². The average molecular weight is 303 g/mol. The first-order valence-electron chi connectivity index (χ1n) is 6.12. The fourth-order valence-electron chi connectivity index (χ4n) is 1.87. The summed E-state index contributed by atoms with van der Waals surface area (Å²) >= 11 is 0.873. The molecular weight excluding hydrogens is 293 g/mol. The minimum Gasteiger partial charge on any atom is -0.457 e. The number of thioether (sulfide) groups is 1. The van der Waals surface area contributed by atoms with Crippen molar-refractivity contribution in [1.82, 2.24) is 4.90 Å². The SMILES string of the molecule is CN1C(=O)SC(=Cc2ccc(-c3ccc(F)cc3)o2)C1=O. The van der Waals surface area contributed by atoms with Gasteiger partial charge in [0, 0.05) is 18.7 Å². The van der Waals surface area contributed by atoms with Gasteiger partial charge in [-0.05, 0) is 48.2 Å². The summed E-state index contributed by atoms with van der Waals surface area (Å²) in [5.41, 5.74) is 0.736. The van der Waals surface area contributed by atoms with Gasteiger partial charge < -0.3 is 4.42 Å². The molecule has 0 radical (unpaired) electrons. The summed E-state index contributed by atoms with van der Waals surface area (Å²) in [6, 6.07) is 9.34. The number of likely N-dealkylation sites (N-methyl/N-ethyl adjacent to an activating group) is 1. The highest BCUT2D eigenvalue weighted by Gasteiger charge is 2.32. The first-order valence-corrected chi connectivity index (χ1v) is 6.93. The maximum absolute atomic E-state index is 12.9. The fourth-order valence-corrected chi connectivity index (χ4v) is 2.68. The molecule has 6 heteroatoms.